The lowest BCUT2D eigenvalue weighted by atomic mass is 10.0. The van der Waals surface area contributed by atoms with E-state index in [9.17, 15) is 0 Å². The maximum atomic E-state index is 4.32. The van der Waals surface area contributed by atoms with Gasteiger partial charge in [0.15, 0.2) is 0 Å². The van der Waals surface area contributed by atoms with Crippen molar-refractivity contribution in [2.45, 2.75) is 59.0 Å². The SMILES string of the molecule is CCCCC(Cc1cnn(CC)c1)NCC. The molecule has 3 heteroatoms. The van der Waals surface area contributed by atoms with Crippen molar-refractivity contribution in [2.24, 2.45) is 0 Å². The van der Waals surface area contributed by atoms with Crippen molar-refractivity contribution in [3.05, 3.63) is 18.0 Å². The van der Waals surface area contributed by atoms with E-state index in [1.165, 1.54) is 24.8 Å². The van der Waals surface area contributed by atoms with Crippen LogP contribution in [0.15, 0.2) is 12.4 Å². The maximum absolute atomic E-state index is 4.32. The molecule has 1 rings (SSSR count). The summed E-state index contributed by atoms with van der Waals surface area (Å²) in [7, 11) is 0. The Hall–Kier alpha value is -0.830. The molecule has 0 radical (unpaired) electrons. The lowest BCUT2D eigenvalue weighted by Crippen LogP contribution is -2.30. The number of likely N-dealkylation sites (N-methyl/N-ethyl adjacent to an activating group) is 1. The van der Waals surface area contributed by atoms with Crippen molar-refractivity contribution in [1.82, 2.24) is 15.1 Å². The van der Waals surface area contributed by atoms with Crippen molar-refractivity contribution in [3.8, 4) is 0 Å². The quantitative estimate of drug-likeness (QED) is 0.734. The van der Waals surface area contributed by atoms with Gasteiger partial charge in [0, 0.05) is 18.8 Å². The standard InChI is InChI=1S/C13H25N3/c1-4-7-8-13(14-5-2)9-12-10-15-16(6-3)11-12/h10-11,13-14H,4-9H2,1-3H3. The minimum absolute atomic E-state index is 0.611. The highest BCUT2D eigenvalue weighted by molar-refractivity contribution is 5.06. The van der Waals surface area contributed by atoms with Gasteiger partial charge < -0.3 is 5.32 Å². The zero-order valence-corrected chi connectivity index (χ0v) is 10.9. The first-order valence-electron chi connectivity index (χ1n) is 6.54. The largest absolute Gasteiger partial charge is 0.314 e. The molecule has 0 bridgehead atoms. The second-order valence-corrected chi connectivity index (χ2v) is 4.31. The number of hydrogen-bond acceptors (Lipinski definition) is 2. The Balaban J connectivity index is 2.46. The molecule has 0 spiro atoms. The Morgan fingerprint density at radius 1 is 1.38 bits per heavy atom. The summed E-state index contributed by atoms with van der Waals surface area (Å²) in [6.07, 6.45) is 9.11. The van der Waals surface area contributed by atoms with Crippen LogP contribution in [0.4, 0.5) is 0 Å². The zero-order valence-electron chi connectivity index (χ0n) is 10.9. The third kappa shape index (κ3) is 4.35. The van der Waals surface area contributed by atoms with Gasteiger partial charge in [0.1, 0.15) is 0 Å². The van der Waals surface area contributed by atoms with Crippen molar-refractivity contribution in [2.75, 3.05) is 6.54 Å². The van der Waals surface area contributed by atoms with E-state index < -0.39 is 0 Å². The Morgan fingerprint density at radius 3 is 2.75 bits per heavy atom. The van der Waals surface area contributed by atoms with E-state index in [0.717, 1.165) is 19.5 Å². The van der Waals surface area contributed by atoms with Gasteiger partial charge in [0.25, 0.3) is 0 Å². The van der Waals surface area contributed by atoms with Gasteiger partial charge >= 0.3 is 0 Å². The minimum atomic E-state index is 0.611. The molecule has 0 saturated heterocycles. The van der Waals surface area contributed by atoms with Crippen LogP contribution in [0, 0.1) is 0 Å². The molecule has 0 amide bonds. The fraction of sp³-hybridized carbons (Fsp3) is 0.769. The van der Waals surface area contributed by atoms with Gasteiger partial charge in [-0.25, -0.2) is 0 Å². The first kappa shape index (κ1) is 13.2. The topological polar surface area (TPSA) is 29.9 Å². The molecule has 1 aromatic rings. The minimum Gasteiger partial charge on any atom is -0.314 e. The highest BCUT2D eigenvalue weighted by Crippen LogP contribution is 2.08. The van der Waals surface area contributed by atoms with Crippen LogP contribution in [0.3, 0.4) is 0 Å². The van der Waals surface area contributed by atoms with Crippen LogP contribution in [-0.4, -0.2) is 22.4 Å². The van der Waals surface area contributed by atoms with Gasteiger partial charge in [-0.1, -0.05) is 26.7 Å². The van der Waals surface area contributed by atoms with E-state index in [2.05, 4.69) is 37.4 Å². The summed E-state index contributed by atoms with van der Waals surface area (Å²) in [5.74, 6) is 0. The van der Waals surface area contributed by atoms with Gasteiger partial charge in [0.05, 0.1) is 6.20 Å². The van der Waals surface area contributed by atoms with Crippen molar-refractivity contribution < 1.29 is 0 Å². The van der Waals surface area contributed by atoms with Crippen LogP contribution in [-0.2, 0) is 13.0 Å². The van der Waals surface area contributed by atoms with Crippen LogP contribution in [0.2, 0.25) is 0 Å². The summed E-state index contributed by atoms with van der Waals surface area (Å²) >= 11 is 0. The second-order valence-electron chi connectivity index (χ2n) is 4.31. The number of rotatable bonds is 8. The van der Waals surface area contributed by atoms with Crippen LogP contribution in [0.25, 0.3) is 0 Å². The molecule has 1 N–H and O–H groups in total. The molecule has 0 aromatic carbocycles. The summed E-state index contributed by atoms with van der Waals surface area (Å²) in [6, 6.07) is 0.611. The lowest BCUT2D eigenvalue weighted by Gasteiger charge is -2.16. The smallest absolute Gasteiger partial charge is 0.0522 e. The predicted octanol–water partition coefficient (Wildman–Crippen LogP) is 2.61. The van der Waals surface area contributed by atoms with Gasteiger partial charge in [-0.05, 0) is 31.9 Å². The van der Waals surface area contributed by atoms with Crippen molar-refractivity contribution in [1.29, 1.82) is 0 Å². The fourth-order valence-electron chi connectivity index (χ4n) is 1.98. The number of aromatic nitrogens is 2. The fourth-order valence-corrected chi connectivity index (χ4v) is 1.98. The van der Waals surface area contributed by atoms with E-state index in [4.69, 9.17) is 0 Å². The molecule has 0 aliphatic rings. The lowest BCUT2D eigenvalue weighted by molar-refractivity contribution is 0.473. The van der Waals surface area contributed by atoms with E-state index in [1.54, 1.807) is 0 Å². The Labute approximate surface area is 99.2 Å². The molecule has 1 atom stereocenters. The third-order valence-corrected chi connectivity index (χ3v) is 2.89. The van der Waals surface area contributed by atoms with E-state index in [-0.39, 0.29) is 0 Å². The summed E-state index contributed by atoms with van der Waals surface area (Å²) in [4.78, 5) is 0. The molecule has 92 valence electrons. The van der Waals surface area contributed by atoms with E-state index in [1.807, 2.05) is 10.9 Å². The first-order chi connectivity index (χ1) is 7.80. The summed E-state index contributed by atoms with van der Waals surface area (Å²) in [6.45, 7) is 8.55. The van der Waals surface area contributed by atoms with Gasteiger partial charge in [-0.3, -0.25) is 4.68 Å². The summed E-state index contributed by atoms with van der Waals surface area (Å²) in [5, 5.41) is 7.87. The first-order valence-corrected chi connectivity index (χ1v) is 6.54. The normalized spacial score (nSPS) is 12.9. The molecule has 0 fully saturated rings. The Kier molecular flexibility index (Phi) is 6.16. The number of hydrogen-bond donors (Lipinski definition) is 1. The average molecular weight is 223 g/mol. The highest BCUT2D eigenvalue weighted by atomic mass is 15.3. The van der Waals surface area contributed by atoms with Crippen LogP contribution < -0.4 is 5.32 Å². The highest BCUT2D eigenvalue weighted by Gasteiger charge is 2.08. The number of unbranched alkanes of at least 4 members (excludes halogenated alkanes) is 1. The number of aryl methyl sites for hydroxylation is 1. The molecule has 1 aromatic heterocycles. The number of nitrogens with one attached hydrogen (secondary N) is 1. The van der Waals surface area contributed by atoms with Crippen molar-refractivity contribution >= 4 is 0 Å². The molecule has 0 aliphatic carbocycles. The van der Waals surface area contributed by atoms with Crippen LogP contribution in [0.1, 0.15) is 45.6 Å². The van der Waals surface area contributed by atoms with Crippen molar-refractivity contribution in [3.63, 3.8) is 0 Å². The molecular weight excluding hydrogens is 198 g/mol. The zero-order chi connectivity index (χ0) is 11.8. The second kappa shape index (κ2) is 7.44. The van der Waals surface area contributed by atoms with Gasteiger partial charge in [-0.15, -0.1) is 0 Å². The monoisotopic (exact) mass is 223 g/mol. The maximum Gasteiger partial charge on any atom is 0.0522 e. The van der Waals surface area contributed by atoms with E-state index >= 15 is 0 Å². The molecule has 1 unspecified atom stereocenters. The predicted molar refractivity (Wildman–Crippen MR) is 68.6 cm³/mol. The number of nitrogens with zero attached hydrogens (tertiary/aromatic N) is 2. The molecule has 1 heterocycles. The molecule has 3 nitrogen and oxygen atoms in total. The van der Waals surface area contributed by atoms with Crippen LogP contribution >= 0.6 is 0 Å². The summed E-state index contributed by atoms with van der Waals surface area (Å²) in [5.41, 5.74) is 1.35. The third-order valence-electron chi connectivity index (χ3n) is 2.89. The Morgan fingerprint density at radius 2 is 2.19 bits per heavy atom. The molecule has 0 aliphatic heterocycles. The van der Waals surface area contributed by atoms with Crippen LogP contribution in [0.5, 0.6) is 0 Å². The molecular formula is C13H25N3. The Bertz CT molecular complexity index is 280. The average Bonchev–Trinajstić information content (AvgIpc) is 2.74. The van der Waals surface area contributed by atoms with Gasteiger partial charge in [0.2, 0.25) is 0 Å². The molecule has 16 heavy (non-hydrogen) atoms. The van der Waals surface area contributed by atoms with E-state index in [0.29, 0.717) is 6.04 Å². The summed E-state index contributed by atoms with van der Waals surface area (Å²) < 4.78 is 2.00. The molecule has 0 saturated carbocycles. The van der Waals surface area contributed by atoms with Gasteiger partial charge in [-0.2, -0.15) is 5.10 Å².